The standard InChI is InChI=1S/C17H27N3O3S.HI/c1-4-24(21,22)12-9-19-17(18-3)20-10-11-23-16(13-20)15-8-6-5-7-14(15)2;/h5-8,16H,4,9-13H2,1-3H3,(H,18,19);1H. The molecule has 142 valence electrons. The van der Waals surface area contributed by atoms with E-state index in [2.05, 4.69) is 34.3 Å². The van der Waals surface area contributed by atoms with Crippen molar-refractivity contribution in [3.05, 3.63) is 35.4 Å². The first kappa shape index (κ1) is 22.2. The predicted molar refractivity (Wildman–Crippen MR) is 113 cm³/mol. The van der Waals surface area contributed by atoms with Crippen LogP contribution in [0.4, 0.5) is 0 Å². The van der Waals surface area contributed by atoms with Gasteiger partial charge in [-0.25, -0.2) is 8.42 Å². The van der Waals surface area contributed by atoms with Gasteiger partial charge < -0.3 is 15.0 Å². The van der Waals surface area contributed by atoms with Gasteiger partial charge in [0.25, 0.3) is 0 Å². The van der Waals surface area contributed by atoms with Crippen LogP contribution in [0.25, 0.3) is 0 Å². The average Bonchev–Trinajstić information content (AvgIpc) is 2.59. The van der Waals surface area contributed by atoms with Crippen molar-refractivity contribution in [2.45, 2.75) is 20.0 Å². The Morgan fingerprint density at radius 3 is 2.76 bits per heavy atom. The number of morpholine rings is 1. The summed E-state index contributed by atoms with van der Waals surface area (Å²) < 4.78 is 29.1. The minimum absolute atomic E-state index is 0. The van der Waals surface area contributed by atoms with Gasteiger partial charge in [-0.2, -0.15) is 0 Å². The van der Waals surface area contributed by atoms with Crippen molar-refractivity contribution >= 4 is 39.8 Å². The van der Waals surface area contributed by atoms with E-state index in [-0.39, 0.29) is 41.6 Å². The molecule has 0 spiro atoms. The van der Waals surface area contributed by atoms with Gasteiger partial charge in [0.15, 0.2) is 15.8 Å². The smallest absolute Gasteiger partial charge is 0.193 e. The fourth-order valence-electron chi connectivity index (χ4n) is 2.77. The summed E-state index contributed by atoms with van der Waals surface area (Å²) in [4.78, 5) is 6.41. The highest BCUT2D eigenvalue weighted by molar-refractivity contribution is 14.0. The van der Waals surface area contributed by atoms with Gasteiger partial charge in [0.2, 0.25) is 0 Å². The van der Waals surface area contributed by atoms with Gasteiger partial charge in [-0.3, -0.25) is 4.99 Å². The lowest BCUT2D eigenvalue weighted by atomic mass is 10.0. The summed E-state index contributed by atoms with van der Waals surface area (Å²) in [5.41, 5.74) is 2.40. The molecule has 1 atom stereocenters. The van der Waals surface area contributed by atoms with Crippen LogP contribution in [0.15, 0.2) is 29.3 Å². The molecule has 0 aromatic heterocycles. The highest BCUT2D eigenvalue weighted by atomic mass is 127. The van der Waals surface area contributed by atoms with E-state index >= 15 is 0 Å². The average molecular weight is 481 g/mol. The van der Waals surface area contributed by atoms with E-state index in [1.807, 2.05) is 12.1 Å². The summed E-state index contributed by atoms with van der Waals surface area (Å²) in [6, 6.07) is 8.22. The molecule has 1 unspecified atom stereocenters. The molecule has 25 heavy (non-hydrogen) atoms. The van der Waals surface area contributed by atoms with Gasteiger partial charge in [0, 0.05) is 25.9 Å². The zero-order valence-corrected chi connectivity index (χ0v) is 18.2. The highest BCUT2D eigenvalue weighted by Gasteiger charge is 2.25. The number of nitrogens with zero attached hydrogens (tertiary/aromatic N) is 2. The van der Waals surface area contributed by atoms with Crippen LogP contribution in [0.5, 0.6) is 0 Å². The second kappa shape index (κ2) is 10.3. The lowest BCUT2D eigenvalue weighted by Crippen LogP contribution is -2.49. The van der Waals surface area contributed by atoms with E-state index in [0.717, 1.165) is 12.5 Å². The molecular formula is C17H28IN3O3S. The highest BCUT2D eigenvalue weighted by Crippen LogP contribution is 2.24. The fourth-order valence-corrected chi connectivity index (χ4v) is 3.47. The summed E-state index contributed by atoms with van der Waals surface area (Å²) in [6.07, 6.45) is -0.00197. The van der Waals surface area contributed by atoms with Crippen molar-refractivity contribution in [3.63, 3.8) is 0 Å². The van der Waals surface area contributed by atoms with E-state index in [9.17, 15) is 8.42 Å². The molecule has 0 radical (unpaired) electrons. The van der Waals surface area contributed by atoms with Gasteiger partial charge in [0.1, 0.15) is 6.10 Å². The van der Waals surface area contributed by atoms with Crippen molar-refractivity contribution in [3.8, 4) is 0 Å². The van der Waals surface area contributed by atoms with Crippen LogP contribution in [0.2, 0.25) is 0 Å². The van der Waals surface area contributed by atoms with E-state index in [1.54, 1.807) is 14.0 Å². The zero-order chi connectivity index (χ0) is 17.6. The zero-order valence-electron chi connectivity index (χ0n) is 15.1. The number of hydrogen-bond donors (Lipinski definition) is 1. The van der Waals surface area contributed by atoms with Crippen LogP contribution in [-0.4, -0.2) is 64.1 Å². The molecular weight excluding hydrogens is 453 g/mol. The third-order valence-corrected chi connectivity index (χ3v) is 5.95. The van der Waals surface area contributed by atoms with E-state index < -0.39 is 9.84 Å². The van der Waals surface area contributed by atoms with Crippen molar-refractivity contribution < 1.29 is 13.2 Å². The monoisotopic (exact) mass is 481 g/mol. The van der Waals surface area contributed by atoms with E-state index in [0.29, 0.717) is 19.7 Å². The maximum absolute atomic E-state index is 11.6. The summed E-state index contributed by atoms with van der Waals surface area (Å²) in [5.74, 6) is 1.01. The summed E-state index contributed by atoms with van der Waals surface area (Å²) in [7, 11) is -1.26. The molecule has 1 aromatic rings. The van der Waals surface area contributed by atoms with Crippen LogP contribution >= 0.6 is 24.0 Å². The molecule has 1 aliphatic heterocycles. The maximum Gasteiger partial charge on any atom is 0.193 e. The Morgan fingerprint density at radius 2 is 2.12 bits per heavy atom. The molecule has 0 bridgehead atoms. The first-order valence-electron chi connectivity index (χ1n) is 8.30. The van der Waals surface area contributed by atoms with Gasteiger partial charge in [-0.05, 0) is 18.1 Å². The van der Waals surface area contributed by atoms with Crippen LogP contribution < -0.4 is 5.32 Å². The number of halogens is 1. The number of ether oxygens (including phenoxy) is 1. The lowest BCUT2D eigenvalue weighted by Gasteiger charge is -2.35. The molecule has 1 N–H and O–H groups in total. The van der Waals surface area contributed by atoms with Crippen molar-refractivity contribution in [2.24, 2.45) is 4.99 Å². The quantitative estimate of drug-likeness (QED) is 0.396. The van der Waals surface area contributed by atoms with Crippen LogP contribution in [0.1, 0.15) is 24.2 Å². The largest absolute Gasteiger partial charge is 0.370 e. The number of nitrogens with one attached hydrogen (secondary N) is 1. The number of sulfone groups is 1. The molecule has 1 fully saturated rings. The molecule has 0 aliphatic carbocycles. The third-order valence-electron chi connectivity index (χ3n) is 4.25. The minimum Gasteiger partial charge on any atom is -0.370 e. The fraction of sp³-hybridized carbons (Fsp3) is 0.588. The molecule has 0 amide bonds. The molecule has 0 saturated carbocycles. The molecule has 2 rings (SSSR count). The number of guanidine groups is 1. The predicted octanol–water partition coefficient (Wildman–Crippen LogP) is 2.00. The Bertz CT molecular complexity index is 679. The van der Waals surface area contributed by atoms with Crippen molar-refractivity contribution in [2.75, 3.05) is 44.8 Å². The molecule has 1 heterocycles. The first-order chi connectivity index (χ1) is 11.5. The molecule has 6 nitrogen and oxygen atoms in total. The van der Waals surface area contributed by atoms with Gasteiger partial charge >= 0.3 is 0 Å². The Balaban J connectivity index is 0.00000312. The normalized spacial score (nSPS) is 18.6. The maximum atomic E-state index is 11.6. The number of rotatable bonds is 5. The minimum atomic E-state index is -2.97. The number of hydrogen-bond acceptors (Lipinski definition) is 4. The molecule has 1 aliphatic rings. The summed E-state index contributed by atoms with van der Waals surface area (Å²) in [6.45, 7) is 6.18. The number of aryl methyl sites for hydroxylation is 1. The number of benzene rings is 1. The van der Waals surface area contributed by atoms with Gasteiger partial charge in [0.05, 0.1) is 18.9 Å². The topological polar surface area (TPSA) is 71.0 Å². The van der Waals surface area contributed by atoms with Crippen LogP contribution in [0, 0.1) is 6.92 Å². The van der Waals surface area contributed by atoms with Gasteiger partial charge in [-0.1, -0.05) is 31.2 Å². The molecule has 1 saturated heterocycles. The van der Waals surface area contributed by atoms with Crippen molar-refractivity contribution in [1.29, 1.82) is 0 Å². The first-order valence-corrected chi connectivity index (χ1v) is 10.1. The van der Waals surface area contributed by atoms with Crippen LogP contribution in [0.3, 0.4) is 0 Å². The van der Waals surface area contributed by atoms with Crippen molar-refractivity contribution in [1.82, 2.24) is 10.2 Å². The summed E-state index contributed by atoms with van der Waals surface area (Å²) in [5, 5.41) is 3.16. The third kappa shape index (κ3) is 6.41. The Hall–Kier alpha value is -0.870. The van der Waals surface area contributed by atoms with Crippen LogP contribution in [-0.2, 0) is 14.6 Å². The number of aliphatic imine (C=N–C) groups is 1. The lowest BCUT2D eigenvalue weighted by molar-refractivity contribution is -0.00827. The Kier molecular flexibility index (Phi) is 9.15. The second-order valence-electron chi connectivity index (χ2n) is 5.87. The molecule has 1 aromatic carbocycles. The SMILES string of the molecule is CCS(=O)(=O)CCNC(=NC)N1CCOC(c2ccccc2C)C1.I. The Morgan fingerprint density at radius 1 is 1.40 bits per heavy atom. The van der Waals surface area contributed by atoms with Gasteiger partial charge in [-0.15, -0.1) is 24.0 Å². The Labute approximate surface area is 168 Å². The van der Waals surface area contributed by atoms with E-state index in [1.165, 1.54) is 11.1 Å². The molecule has 8 heteroatoms. The van der Waals surface area contributed by atoms with E-state index in [4.69, 9.17) is 4.74 Å². The summed E-state index contributed by atoms with van der Waals surface area (Å²) >= 11 is 0. The second-order valence-corrected chi connectivity index (χ2v) is 8.35.